The summed E-state index contributed by atoms with van der Waals surface area (Å²) in [6, 6.07) is 18.5. The van der Waals surface area contributed by atoms with E-state index in [-0.39, 0.29) is 18.1 Å². The summed E-state index contributed by atoms with van der Waals surface area (Å²) >= 11 is 0. The van der Waals surface area contributed by atoms with Gasteiger partial charge in [0.25, 0.3) is 5.91 Å². The summed E-state index contributed by atoms with van der Waals surface area (Å²) in [5.41, 5.74) is 5.23. The number of ether oxygens (including phenoxy) is 2. The summed E-state index contributed by atoms with van der Waals surface area (Å²) in [6.45, 7) is -0.161. The van der Waals surface area contributed by atoms with Crippen molar-refractivity contribution in [3.05, 3.63) is 95.1 Å². The highest BCUT2D eigenvalue weighted by Gasteiger charge is 2.50. The maximum atomic E-state index is 13.9. The van der Waals surface area contributed by atoms with Crippen LogP contribution in [0.1, 0.15) is 22.3 Å². The zero-order valence-corrected chi connectivity index (χ0v) is 18.5. The molecule has 0 aromatic heterocycles. The molecule has 0 unspecified atom stereocenters. The highest BCUT2D eigenvalue weighted by Crippen LogP contribution is 2.41. The summed E-state index contributed by atoms with van der Waals surface area (Å²) in [5, 5.41) is 0. The first-order valence-electron chi connectivity index (χ1n) is 10.3. The molecule has 0 atom stereocenters. The number of nitrogens with two attached hydrogens (primary N) is 1. The average molecular weight is 469 g/mol. The topological polar surface area (TPSA) is 77.2 Å². The molecule has 34 heavy (non-hydrogen) atoms. The molecule has 0 bridgehead atoms. The Hall–Kier alpha value is -4.01. The average Bonchev–Trinajstić information content (AvgIpc) is 3.09. The maximum absolute atomic E-state index is 13.9. The second kappa shape index (κ2) is 8.74. The number of benzene rings is 3. The lowest BCUT2D eigenvalue weighted by Gasteiger charge is -2.27. The van der Waals surface area contributed by atoms with Crippen molar-refractivity contribution in [3.63, 3.8) is 0 Å². The van der Waals surface area contributed by atoms with Crippen molar-refractivity contribution in [3.8, 4) is 11.5 Å². The number of hydrogen-bond donors (Lipinski definition) is 1. The van der Waals surface area contributed by atoms with Crippen molar-refractivity contribution in [2.24, 2.45) is 10.7 Å². The van der Waals surface area contributed by atoms with Gasteiger partial charge in [-0.05, 0) is 53.1 Å². The first-order valence-corrected chi connectivity index (χ1v) is 10.3. The molecule has 0 radical (unpaired) electrons. The van der Waals surface area contributed by atoms with Gasteiger partial charge in [-0.25, -0.2) is 4.99 Å². The number of carbonyl (C=O) groups excluding carboxylic acids is 1. The lowest BCUT2D eigenvalue weighted by atomic mass is 9.82. The Morgan fingerprint density at radius 3 is 1.91 bits per heavy atom. The molecule has 6 nitrogen and oxygen atoms in total. The molecule has 1 heterocycles. The van der Waals surface area contributed by atoms with E-state index in [0.717, 1.165) is 12.1 Å². The van der Waals surface area contributed by atoms with Crippen LogP contribution in [0.4, 0.5) is 13.2 Å². The van der Waals surface area contributed by atoms with Gasteiger partial charge in [0.05, 0.1) is 26.3 Å². The SMILES string of the molecule is COc1ccc(C2(c3ccc(OC)cc3)N=C(N)N(Cc3cccc(C(F)(F)F)c3)C2=O)cc1. The zero-order valence-electron chi connectivity index (χ0n) is 18.5. The molecule has 9 heteroatoms. The minimum atomic E-state index is -4.50. The van der Waals surface area contributed by atoms with Gasteiger partial charge in [0.1, 0.15) is 11.5 Å². The molecule has 3 aromatic rings. The summed E-state index contributed by atoms with van der Waals surface area (Å²) < 4.78 is 50.0. The molecule has 1 aliphatic rings. The summed E-state index contributed by atoms with van der Waals surface area (Å²) in [4.78, 5) is 19.6. The number of alkyl halides is 3. The molecular weight excluding hydrogens is 447 g/mol. The Morgan fingerprint density at radius 2 is 1.44 bits per heavy atom. The third kappa shape index (κ3) is 4.05. The molecule has 0 spiro atoms. The van der Waals surface area contributed by atoms with E-state index in [9.17, 15) is 18.0 Å². The normalized spacial score (nSPS) is 15.3. The number of methoxy groups -OCH3 is 2. The van der Waals surface area contributed by atoms with Crippen molar-refractivity contribution in [1.29, 1.82) is 0 Å². The number of nitrogens with zero attached hydrogens (tertiary/aromatic N) is 2. The predicted molar refractivity (Wildman–Crippen MR) is 120 cm³/mol. The van der Waals surface area contributed by atoms with Crippen LogP contribution in [-0.4, -0.2) is 31.0 Å². The van der Waals surface area contributed by atoms with Crippen LogP contribution in [0.25, 0.3) is 0 Å². The largest absolute Gasteiger partial charge is 0.497 e. The Bertz CT molecular complexity index is 1180. The van der Waals surface area contributed by atoms with Crippen LogP contribution in [-0.2, 0) is 23.1 Å². The molecule has 0 aliphatic carbocycles. The number of aliphatic imine (C=N–C) groups is 1. The molecule has 4 rings (SSSR count). The summed E-state index contributed by atoms with van der Waals surface area (Å²) in [5.74, 6) is 0.625. The van der Waals surface area contributed by atoms with Crippen molar-refractivity contribution in [2.45, 2.75) is 18.3 Å². The van der Waals surface area contributed by atoms with Crippen LogP contribution in [0.2, 0.25) is 0 Å². The van der Waals surface area contributed by atoms with Crippen molar-refractivity contribution in [1.82, 2.24) is 4.90 Å². The molecule has 0 fully saturated rings. The van der Waals surface area contributed by atoms with E-state index >= 15 is 0 Å². The minimum Gasteiger partial charge on any atom is -0.497 e. The lowest BCUT2D eigenvalue weighted by molar-refractivity contribution is -0.137. The van der Waals surface area contributed by atoms with Crippen LogP contribution in [0.3, 0.4) is 0 Å². The summed E-state index contributed by atoms with van der Waals surface area (Å²) in [6.07, 6.45) is -4.50. The van der Waals surface area contributed by atoms with Gasteiger partial charge in [0.15, 0.2) is 11.5 Å². The van der Waals surface area contributed by atoms with E-state index < -0.39 is 23.2 Å². The van der Waals surface area contributed by atoms with E-state index in [2.05, 4.69) is 4.99 Å². The Balaban J connectivity index is 1.78. The number of rotatable bonds is 6. The number of halogens is 3. The van der Waals surface area contributed by atoms with Crippen molar-refractivity contribution >= 4 is 11.9 Å². The first-order chi connectivity index (χ1) is 16.2. The lowest BCUT2D eigenvalue weighted by Crippen LogP contribution is -2.43. The highest BCUT2D eigenvalue weighted by atomic mass is 19.4. The molecule has 1 aliphatic heterocycles. The fourth-order valence-electron chi connectivity index (χ4n) is 3.97. The van der Waals surface area contributed by atoms with Gasteiger partial charge >= 0.3 is 6.18 Å². The molecule has 3 aromatic carbocycles. The van der Waals surface area contributed by atoms with Crippen LogP contribution in [0.15, 0.2) is 77.8 Å². The van der Waals surface area contributed by atoms with Crippen LogP contribution in [0, 0.1) is 0 Å². The highest BCUT2D eigenvalue weighted by molar-refractivity contribution is 6.09. The van der Waals surface area contributed by atoms with Crippen LogP contribution < -0.4 is 15.2 Å². The molecular formula is C25H22F3N3O3. The van der Waals surface area contributed by atoms with Crippen molar-refractivity contribution < 1.29 is 27.4 Å². The van der Waals surface area contributed by atoms with Gasteiger partial charge in [-0.3, -0.25) is 9.69 Å². The van der Waals surface area contributed by atoms with E-state index in [1.165, 1.54) is 31.3 Å². The first kappa shape index (κ1) is 23.2. The smallest absolute Gasteiger partial charge is 0.416 e. The predicted octanol–water partition coefficient (Wildman–Crippen LogP) is 4.32. The Labute approximate surface area is 194 Å². The van der Waals surface area contributed by atoms with Gasteiger partial charge < -0.3 is 15.2 Å². The van der Waals surface area contributed by atoms with E-state index in [1.807, 2.05) is 0 Å². The monoisotopic (exact) mass is 469 g/mol. The van der Waals surface area contributed by atoms with Gasteiger partial charge in [0.2, 0.25) is 0 Å². The molecule has 2 N–H and O–H groups in total. The third-order valence-electron chi connectivity index (χ3n) is 5.72. The number of hydrogen-bond acceptors (Lipinski definition) is 5. The summed E-state index contributed by atoms with van der Waals surface area (Å²) in [7, 11) is 3.06. The standard InChI is InChI=1S/C25H22F3N3O3/c1-33-20-10-6-17(7-11-20)24(18-8-12-21(34-2)13-9-18)22(32)31(23(29)30-24)15-16-4-3-5-19(14-16)25(26,27)28/h3-14H,15H2,1-2H3,(H2,29,30). The molecule has 176 valence electrons. The van der Waals surface area contributed by atoms with Gasteiger partial charge in [-0.15, -0.1) is 0 Å². The number of guanidine groups is 1. The zero-order chi connectivity index (χ0) is 24.5. The Kier molecular flexibility index (Phi) is 5.95. The number of carbonyl (C=O) groups is 1. The van der Waals surface area contributed by atoms with Crippen molar-refractivity contribution in [2.75, 3.05) is 14.2 Å². The van der Waals surface area contributed by atoms with E-state index in [4.69, 9.17) is 15.2 Å². The van der Waals surface area contributed by atoms with E-state index in [1.54, 1.807) is 48.5 Å². The fourth-order valence-corrected chi connectivity index (χ4v) is 3.97. The number of amides is 1. The third-order valence-corrected chi connectivity index (χ3v) is 5.72. The van der Waals surface area contributed by atoms with Gasteiger partial charge in [-0.2, -0.15) is 13.2 Å². The maximum Gasteiger partial charge on any atom is 0.416 e. The van der Waals surface area contributed by atoms with Crippen LogP contribution >= 0.6 is 0 Å². The second-order valence-corrected chi connectivity index (χ2v) is 7.73. The molecule has 0 saturated heterocycles. The van der Waals surface area contributed by atoms with Crippen LogP contribution in [0.5, 0.6) is 11.5 Å². The van der Waals surface area contributed by atoms with Gasteiger partial charge in [-0.1, -0.05) is 36.4 Å². The van der Waals surface area contributed by atoms with Gasteiger partial charge in [0, 0.05) is 0 Å². The second-order valence-electron chi connectivity index (χ2n) is 7.73. The molecule has 0 saturated carbocycles. The van der Waals surface area contributed by atoms with E-state index in [0.29, 0.717) is 22.6 Å². The minimum absolute atomic E-state index is 0.0888. The quantitative estimate of drug-likeness (QED) is 0.583. The molecule has 1 amide bonds. The fraction of sp³-hybridized carbons (Fsp3) is 0.200. The Morgan fingerprint density at radius 1 is 0.912 bits per heavy atom.